The van der Waals surface area contributed by atoms with E-state index in [1.165, 1.54) is 0 Å². The van der Waals surface area contributed by atoms with Gasteiger partial charge in [0.2, 0.25) is 0 Å². The van der Waals surface area contributed by atoms with E-state index in [0.717, 1.165) is 34.9 Å². The molecule has 0 saturated carbocycles. The molecule has 4 heteroatoms. The van der Waals surface area contributed by atoms with Gasteiger partial charge >= 0.3 is 0 Å². The minimum Gasteiger partial charge on any atom is -0.335 e. The molecule has 0 unspecified atom stereocenters. The molecule has 0 fully saturated rings. The summed E-state index contributed by atoms with van der Waals surface area (Å²) in [7, 11) is 0. The van der Waals surface area contributed by atoms with Crippen LogP contribution in [0.15, 0.2) is 30.6 Å². The topological polar surface area (TPSA) is 43.8 Å². The fourth-order valence-corrected chi connectivity index (χ4v) is 2.12. The van der Waals surface area contributed by atoms with Gasteiger partial charge in [-0.05, 0) is 30.2 Å². The Kier molecular flexibility index (Phi) is 3.82. The highest BCUT2D eigenvalue weighted by Crippen LogP contribution is 2.18. The molecular formula is C13H16ClN3. The van der Waals surface area contributed by atoms with Crippen LogP contribution in [0, 0.1) is 0 Å². The number of imidazole rings is 1. The highest BCUT2D eigenvalue weighted by Gasteiger charge is 2.07. The molecule has 0 atom stereocenters. The summed E-state index contributed by atoms with van der Waals surface area (Å²) in [5.74, 6) is 1.05. The second kappa shape index (κ2) is 5.34. The summed E-state index contributed by atoms with van der Waals surface area (Å²) in [4.78, 5) is 4.37. The third-order valence-electron chi connectivity index (χ3n) is 2.88. The molecular weight excluding hydrogens is 234 g/mol. The molecule has 0 radical (unpaired) electrons. The number of hydrogen-bond acceptors (Lipinski definition) is 2. The molecule has 0 spiro atoms. The summed E-state index contributed by atoms with van der Waals surface area (Å²) in [5.41, 5.74) is 8.01. The molecule has 3 nitrogen and oxygen atoms in total. The Balaban J connectivity index is 2.32. The van der Waals surface area contributed by atoms with E-state index in [9.17, 15) is 0 Å². The summed E-state index contributed by atoms with van der Waals surface area (Å²) in [5, 5.41) is 0.742. The maximum Gasteiger partial charge on any atom is 0.113 e. The summed E-state index contributed by atoms with van der Waals surface area (Å²) in [6.07, 6.45) is 4.58. The lowest BCUT2D eigenvalue weighted by atomic mass is 10.0. The van der Waals surface area contributed by atoms with E-state index in [0.29, 0.717) is 6.54 Å². The van der Waals surface area contributed by atoms with Crippen LogP contribution in [0.25, 0.3) is 0 Å². The normalized spacial score (nSPS) is 10.8. The van der Waals surface area contributed by atoms with Crippen LogP contribution in [-0.2, 0) is 19.5 Å². The van der Waals surface area contributed by atoms with Crippen LogP contribution < -0.4 is 5.73 Å². The van der Waals surface area contributed by atoms with Crippen molar-refractivity contribution in [3.05, 3.63) is 52.6 Å². The van der Waals surface area contributed by atoms with Crippen molar-refractivity contribution in [1.29, 1.82) is 0 Å². The molecule has 2 N–H and O–H groups in total. The van der Waals surface area contributed by atoms with Crippen LogP contribution in [0.2, 0.25) is 5.02 Å². The largest absolute Gasteiger partial charge is 0.335 e. The first-order chi connectivity index (χ1) is 8.24. The van der Waals surface area contributed by atoms with Crippen molar-refractivity contribution >= 4 is 11.6 Å². The molecule has 17 heavy (non-hydrogen) atoms. The smallest absolute Gasteiger partial charge is 0.113 e. The molecule has 0 aliphatic rings. The molecule has 0 amide bonds. The first kappa shape index (κ1) is 12.1. The number of hydrogen-bond donors (Lipinski definition) is 1. The second-order valence-electron chi connectivity index (χ2n) is 3.92. The van der Waals surface area contributed by atoms with Gasteiger partial charge in [0.15, 0.2) is 0 Å². The van der Waals surface area contributed by atoms with Crippen molar-refractivity contribution in [2.75, 3.05) is 0 Å². The number of halogens is 1. The number of benzene rings is 1. The first-order valence-corrected chi connectivity index (χ1v) is 6.09. The van der Waals surface area contributed by atoms with Crippen LogP contribution in [-0.4, -0.2) is 9.55 Å². The van der Waals surface area contributed by atoms with E-state index < -0.39 is 0 Å². The lowest BCUT2D eigenvalue weighted by Gasteiger charge is -2.09. The maximum absolute atomic E-state index is 6.02. The van der Waals surface area contributed by atoms with Crippen molar-refractivity contribution < 1.29 is 0 Å². The molecule has 90 valence electrons. The van der Waals surface area contributed by atoms with Crippen LogP contribution in [0.4, 0.5) is 0 Å². The van der Waals surface area contributed by atoms with Gasteiger partial charge in [-0.3, -0.25) is 0 Å². The first-order valence-electron chi connectivity index (χ1n) is 5.72. The van der Waals surface area contributed by atoms with Crippen LogP contribution in [0.3, 0.4) is 0 Å². The average molecular weight is 250 g/mol. The lowest BCUT2D eigenvalue weighted by molar-refractivity contribution is 0.711. The highest BCUT2D eigenvalue weighted by molar-refractivity contribution is 6.30. The third kappa shape index (κ3) is 2.68. The van der Waals surface area contributed by atoms with Crippen molar-refractivity contribution in [3.63, 3.8) is 0 Å². The Morgan fingerprint density at radius 1 is 1.35 bits per heavy atom. The van der Waals surface area contributed by atoms with E-state index in [1.807, 2.05) is 30.6 Å². The van der Waals surface area contributed by atoms with E-state index >= 15 is 0 Å². The molecule has 0 aliphatic heterocycles. The predicted octanol–water partition coefficient (Wildman–Crippen LogP) is 2.61. The van der Waals surface area contributed by atoms with E-state index in [-0.39, 0.29) is 0 Å². The molecule has 1 aromatic heterocycles. The van der Waals surface area contributed by atoms with Crippen molar-refractivity contribution in [2.24, 2.45) is 5.73 Å². The molecule has 2 aromatic rings. The Morgan fingerprint density at radius 3 is 2.88 bits per heavy atom. The standard InChI is InChI=1S/C13H16ClN3/c1-2-17-6-5-16-13(17)8-11-7-12(14)4-3-10(11)9-15/h3-7H,2,8-9,15H2,1H3. The van der Waals surface area contributed by atoms with Gasteiger partial charge < -0.3 is 10.3 Å². The Hall–Kier alpha value is -1.32. The van der Waals surface area contributed by atoms with Gasteiger partial charge in [0, 0.05) is 36.9 Å². The fraction of sp³-hybridized carbons (Fsp3) is 0.308. The maximum atomic E-state index is 6.02. The van der Waals surface area contributed by atoms with Gasteiger partial charge in [-0.2, -0.15) is 0 Å². The average Bonchev–Trinajstić information content (AvgIpc) is 2.77. The van der Waals surface area contributed by atoms with Crippen LogP contribution in [0.1, 0.15) is 23.9 Å². The molecule has 0 bridgehead atoms. The minimum absolute atomic E-state index is 0.527. The molecule has 1 aromatic carbocycles. The number of aromatic nitrogens is 2. The summed E-state index contributed by atoms with van der Waals surface area (Å²) >= 11 is 6.02. The molecule has 2 rings (SSSR count). The third-order valence-corrected chi connectivity index (χ3v) is 3.11. The van der Waals surface area contributed by atoms with Crippen molar-refractivity contribution in [1.82, 2.24) is 9.55 Å². The van der Waals surface area contributed by atoms with Gasteiger partial charge in [-0.15, -0.1) is 0 Å². The van der Waals surface area contributed by atoms with Crippen molar-refractivity contribution in [2.45, 2.75) is 26.4 Å². The monoisotopic (exact) mass is 249 g/mol. The Labute approximate surface area is 106 Å². The second-order valence-corrected chi connectivity index (χ2v) is 4.36. The van der Waals surface area contributed by atoms with Gasteiger partial charge in [0.05, 0.1) is 0 Å². The van der Waals surface area contributed by atoms with Gasteiger partial charge in [0.1, 0.15) is 5.82 Å². The summed E-state index contributed by atoms with van der Waals surface area (Å²) < 4.78 is 2.13. The number of nitrogens with two attached hydrogens (primary N) is 1. The number of nitrogens with zero attached hydrogens (tertiary/aromatic N) is 2. The lowest BCUT2D eigenvalue weighted by Crippen LogP contribution is -2.06. The molecule has 1 heterocycles. The SMILES string of the molecule is CCn1ccnc1Cc1cc(Cl)ccc1CN. The Bertz CT molecular complexity index is 505. The van der Waals surface area contributed by atoms with E-state index in [2.05, 4.69) is 16.5 Å². The van der Waals surface area contributed by atoms with Crippen LogP contribution in [0.5, 0.6) is 0 Å². The summed E-state index contributed by atoms with van der Waals surface area (Å²) in [6, 6.07) is 5.83. The number of aryl methyl sites for hydroxylation is 1. The number of rotatable bonds is 4. The zero-order valence-corrected chi connectivity index (χ0v) is 10.6. The summed E-state index contributed by atoms with van der Waals surface area (Å²) in [6.45, 7) is 3.56. The van der Waals surface area contributed by atoms with Gasteiger partial charge in [-0.1, -0.05) is 17.7 Å². The van der Waals surface area contributed by atoms with E-state index in [1.54, 1.807) is 0 Å². The quantitative estimate of drug-likeness (QED) is 0.905. The molecule has 0 saturated heterocycles. The van der Waals surface area contributed by atoms with Gasteiger partial charge in [-0.25, -0.2) is 4.98 Å². The van der Waals surface area contributed by atoms with Crippen molar-refractivity contribution in [3.8, 4) is 0 Å². The van der Waals surface area contributed by atoms with Gasteiger partial charge in [0.25, 0.3) is 0 Å². The fourth-order valence-electron chi connectivity index (χ4n) is 1.92. The Morgan fingerprint density at radius 2 is 2.18 bits per heavy atom. The van der Waals surface area contributed by atoms with Crippen LogP contribution >= 0.6 is 11.6 Å². The molecule has 0 aliphatic carbocycles. The van der Waals surface area contributed by atoms with E-state index in [4.69, 9.17) is 17.3 Å². The minimum atomic E-state index is 0.527. The zero-order valence-electron chi connectivity index (χ0n) is 9.86. The highest BCUT2D eigenvalue weighted by atomic mass is 35.5. The predicted molar refractivity (Wildman–Crippen MR) is 70.1 cm³/mol. The zero-order chi connectivity index (χ0) is 12.3.